The fraction of sp³-hybridized carbons (Fsp3) is 0.500. The van der Waals surface area contributed by atoms with Crippen LogP contribution in [0.1, 0.15) is 24.6 Å². The summed E-state index contributed by atoms with van der Waals surface area (Å²) in [6.45, 7) is 4.11. The molecular formula is C10H16N2. The molecule has 1 aromatic rings. The molecule has 0 saturated carbocycles. The Kier molecular flexibility index (Phi) is 3.23. The SMILES string of the molecule is Cc1cccnc1CCC(C)N. The summed E-state index contributed by atoms with van der Waals surface area (Å²) in [6, 6.07) is 4.32. The Balaban J connectivity index is 2.57. The third kappa shape index (κ3) is 2.62. The van der Waals surface area contributed by atoms with Gasteiger partial charge in [0.25, 0.3) is 0 Å². The average molecular weight is 164 g/mol. The van der Waals surface area contributed by atoms with Gasteiger partial charge in [0.15, 0.2) is 0 Å². The number of aryl methyl sites for hydroxylation is 2. The minimum absolute atomic E-state index is 0.270. The van der Waals surface area contributed by atoms with Crippen LogP contribution in [0.25, 0.3) is 0 Å². The lowest BCUT2D eigenvalue weighted by Crippen LogP contribution is -2.15. The van der Waals surface area contributed by atoms with Crippen LogP contribution in [0.4, 0.5) is 0 Å². The van der Waals surface area contributed by atoms with Crippen molar-refractivity contribution in [2.24, 2.45) is 5.73 Å². The van der Waals surface area contributed by atoms with E-state index in [9.17, 15) is 0 Å². The molecule has 1 unspecified atom stereocenters. The molecule has 1 atom stereocenters. The predicted octanol–water partition coefficient (Wildman–Crippen LogP) is 1.67. The van der Waals surface area contributed by atoms with Crippen molar-refractivity contribution < 1.29 is 0 Å². The smallest absolute Gasteiger partial charge is 0.0433 e. The zero-order valence-electron chi connectivity index (χ0n) is 7.75. The minimum atomic E-state index is 0.270. The first-order chi connectivity index (χ1) is 5.70. The first-order valence-electron chi connectivity index (χ1n) is 4.36. The van der Waals surface area contributed by atoms with Gasteiger partial charge in [-0.1, -0.05) is 6.07 Å². The molecule has 0 aliphatic carbocycles. The Morgan fingerprint density at radius 3 is 2.92 bits per heavy atom. The van der Waals surface area contributed by atoms with E-state index in [1.54, 1.807) is 0 Å². The van der Waals surface area contributed by atoms with Crippen molar-refractivity contribution >= 4 is 0 Å². The van der Waals surface area contributed by atoms with Crippen LogP contribution in [0, 0.1) is 6.92 Å². The van der Waals surface area contributed by atoms with Crippen LogP contribution in [0.3, 0.4) is 0 Å². The van der Waals surface area contributed by atoms with Gasteiger partial charge in [0.2, 0.25) is 0 Å². The van der Waals surface area contributed by atoms with E-state index in [2.05, 4.69) is 18.0 Å². The fourth-order valence-electron chi connectivity index (χ4n) is 1.14. The Morgan fingerprint density at radius 1 is 1.58 bits per heavy atom. The average Bonchev–Trinajstić information content (AvgIpc) is 2.03. The second-order valence-electron chi connectivity index (χ2n) is 3.28. The van der Waals surface area contributed by atoms with E-state index < -0.39 is 0 Å². The van der Waals surface area contributed by atoms with Crippen molar-refractivity contribution in [1.29, 1.82) is 0 Å². The van der Waals surface area contributed by atoms with Crippen molar-refractivity contribution in [3.05, 3.63) is 29.6 Å². The minimum Gasteiger partial charge on any atom is -0.328 e. The van der Waals surface area contributed by atoms with Crippen LogP contribution < -0.4 is 5.73 Å². The summed E-state index contributed by atoms with van der Waals surface area (Å²) in [4.78, 5) is 4.29. The Bertz CT molecular complexity index is 243. The molecule has 0 bridgehead atoms. The van der Waals surface area contributed by atoms with Gasteiger partial charge < -0.3 is 5.73 Å². The van der Waals surface area contributed by atoms with Gasteiger partial charge in [-0.3, -0.25) is 4.98 Å². The monoisotopic (exact) mass is 164 g/mol. The van der Waals surface area contributed by atoms with Gasteiger partial charge in [0.05, 0.1) is 0 Å². The molecule has 0 aliphatic rings. The highest BCUT2D eigenvalue weighted by molar-refractivity contribution is 5.17. The number of nitrogens with two attached hydrogens (primary N) is 1. The maximum Gasteiger partial charge on any atom is 0.0433 e. The molecule has 0 spiro atoms. The van der Waals surface area contributed by atoms with Crippen LogP contribution >= 0.6 is 0 Å². The van der Waals surface area contributed by atoms with E-state index >= 15 is 0 Å². The highest BCUT2D eigenvalue weighted by Gasteiger charge is 2.00. The molecule has 66 valence electrons. The molecule has 2 heteroatoms. The van der Waals surface area contributed by atoms with Gasteiger partial charge in [0.1, 0.15) is 0 Å². The standard InChI is InChI=1S/C10H16N2/c1-8-4-3-7-12-10(8)6-5-9(2)11/h3-4,7,9H,5-6,11H2,1-2H3. The van der Waals surface area contributed by atoms with E-state index in [1.165, 1.54) is 11.3 Å². The molecule has 0 amide bonds. The molecule has 1 rings (SSSR count). The van der Waals surface area contributed by atoms with E-state index in [0.717, 1.165) is 12.8 Å². The molecule has 0 fully saturated rings. The molecule has 1 aromatic heterocycles. The number of aromatic nitrogens is 1. The summed E-state index contributed by atoms with van der Waals surface area (Å²) in [7, 11) is 0. The van der Waals surface area contributed by atoms with Gasteiger partial charge in [-0.25, -0.2) is 0 Å². The fourth-order valence-corrected chi connectivity index (χ4v) is 1.14. The molecule has 0 aliphatic heterocycles. The van der Waals surface area contributed by atoms with Crippen molar-refractivity contribution in [2.75, 3.05) is 0 Å². The third-order valence-corrected chi connectivity index (χ3v) is 1.95. The lowest BCUT2D eigenvalue weighted by Gasteiger charge is -2.05. The first kappa shape index (κ1) is 9.20. The second kappa shape index (κ2) is 4.21. The molecule has 0 aromatic carbocycles. The van der Waals surface area contributed by atoms with Crippen LogP contribution in [0.5, 0.6) is 0 Å². The summed E-state index contributed by atoms with van der Waals surface area (Å²) >= 11 is 0. The van der Waals surface area contributed by atoms with Gasteiger partial charge in [-0.15, -0.1) is 0 Å². The number of nitrogens with zero attached hydrogens (tertiary/aromatic N) is 1. The maximum atomic E-state index is 5.66. The highest BCUT2D eigenvalue weighted by Crippen LogP contribution is 2.06. The lowest BCUT2D eigenvalue weighted by atomic mass is 10.1. The van der Waals surface area contributed by atoms with Gasteiger partial charge in [0, 0.05) is 17.9 Å². The van der Waals surface area contributed by atoms with Crippen LogP contribution in [0.15, 0.2) is 18.3 Å². The first-order valence-corrected chi connectivity index (χ1v) is 4.36. The van der Waals surface area contributed by atoms with Crippen molar-refractivity contribution in [3.63, 3.8) is 0 Å². The Morgan fingerprint density at radius 2 is 2.33 bits per heavy atom. The van der Waals surface area contributed by atoms with Crippen LogP contribution in [-0.2, 0) is 6.42 Å². The number of hydrogen-bond acceptors (Lipinski definition) is 2. The zero-order valence-corrected chi connectivity index (χ0v) is 7.75. The van der Waals surface area contributed by atoms with Crippen molar-refractivity contribution in [2.45, 2.75) is 32.7 Å². The summed E-state index contributed by atoms with van der Waals surface area (Å²) in [5.41, 5.74) is 8.10. The molecule has 1 heterocycles. The Labute approximate surface area is 73.8 Å². The number of pyridine rings is 1. The summed E-state index contributed by atoms with van der Waals surface area (Å²) in [5, 5.41) is 0. The Hall–Kier alpha value is -0.890. The predicted molar refractivity (Wildman–Crippen MR) is 50.9 cm³/mol. The molecular weight excluding hydrogens is 148 g/mol. The van der Waals surface area contributed by atoms with Crippen LogP contribution in [-0.4, -0.2) is 11.0 Å². The summed E-state index contributed by atoms with van der Waals surface area (Å²) in [6.07, 6.45) is 3.84. The second-order valence-corrected chi connectivity index (χ2v) is 3.28. The van der Waals surface area contributed by atoms with Gasteiger partial charge in [-0.2, -0.15) is 0 Å². The van der Waals surface area contributed by atoms with Crippen LogP contribution in [0.2, 0.25) is 0 Å². The van der Waals surface area contributed by atoms with Crippen molar-refractivity contribution in [3.8, 4) is 0 Å². The third-order valence-electron chi connectivity index (χ3n) is 1.95. The molecule has 2 nitrogen and oxygen atoms in total. The van der Waals surface area contributed by atoms with Gasteiger partial charge in [-0.05, 0) is 38.3 Å². The quantitative estimate of drug-likeness (QED) is 0.738. The zero-order chi connectivity index (χ0) is 8.97. The molecule has 0 radical (unpaired) electrons. The largest absolute Gasteiger partial charge is 0.328 e. The molecule has 2 N–H and O–H groups in total. The maximum absolute atomic E-state index is 5.66. The topological polar surface area (TPSA) is 38.9 Å². The van der Waals surface area contributed by atoms with Gasteiger partial charge >= 0.3 is 0 Å². The lowest BCUT2D eigenvalue weighted by molar-refractivity contribution is 0.656. The normalized spacial score (nSPS) is 12.9. The number of hydrogen-bond donors (Lipinski definition) is 1. The van der Waals surface area contributed by atoms with E-state index in [-0.39, 0.29) is 6.04 Å². The summed E-state index contributed by atoms with van der Waals surface area (Å²) < 4.78 is 0. The number of rotatable bonds is 3. The summed E-state index contributed by atoms with van der Waals surface area (Å²) in [5.74, 6) is 0. The highest BCUT2D eigenvalue weighted by atomic mass is 14.7. The van der Waals surface area contributed by atoms with E-state index in [0.29, 0.717) is 0 Å². The molecule has 0 saturated heterocycles. The van der Waals surface area contributed by atoms with E-state index in [4.69, 9.17) is 5.73 Å². The van der Waals surface area contributed by atoms with Crippen molar-refractivity contribution in [1.82, 2.24) is 4.98 Å². The van der Waals surface area contributed by atoms with E-state index in [1.807, 2.05) is 19.2 Å². The molecule has 12 heavy (non-hydrogen) atoms.